The molecule has 0 radical (unpaired) electrons. The van der Waals surface area contributed by atoms with E-state index >= 15 is 0 Å². The Bertz CT molecular complexity index is 748. The highest BCUT2D eigenvalue weighted by Gasteiger charge is 2.23. The Morgan fingerprint density at radius 3 is 2.57 bits per heavy atom. The first-order valence-corrected chi connectivity index (χ1v) is 7.17. The maximum absolute atomic E-state index is 4.34. The molecule has 1 aliphatic heterocycles. The lowest BCUT2D eigenvalue weighted by Crippen LogP contribution is -2.30. The minimum absolute atomic E-state index is 0.197. The zero-order chi connectivity index (χ0) is 14.1. The van der Waals surface area contributed by atoms with Crippen molar-refractivity contribution >= 4 is 0 Å². The van der Waals surface area contributed by atoms with Gasteiger partial charge in [0.05, 0.1) is 6.04 Å². The van der Waals surface area contributed by atoms with E-state index in [2.05, 4.69) is 56.5 Å². The predicted octanol–water partition coefficient (Wildman–Crippen LogP) is 2.65. The molecule has 104 valence electrons. The van der Waals surface area contributed by atoms with Crippen LogP contribution < -0.4 is 5.32 Å². The van der Waals surface area contributed by atoms with E-state index in [0.29, 0.717) is 0 Å². The number of rotatable bonds is 2. The van der Waals surface area contributed by atoms with E-state index < -0.39 is 0 Å². The van der Waals surface area contributed by atoms with Gasteiger partial charge < -0.3 is 5.32 Å². The second-order valence-electron chi connectivity index (χ2n) is 5.30. The van der Waals surface area contributed by atoms with Crippen molar-refractivity contribution in [2.45, 2.75) is 19.0 Å². The summed E-state index contributed by atoms with van der Waals surface area (Å²) in [6.45, 7) is 0.877. The molecule has 0 unspecified atom stereocenters. The average Bonchev–Trinajstić information content (AvgIpc) is 3.05. The molecule has 2 heterocycles. The second-order valence-corrected chi connectivity index (χ2v) is 5.30. The number of nitrogens with zero attached hydrogens (tertiary/aromatic N) is 3. The first kappa shape index (κ1) is 12.3. The highest BCUT2D eigenvalue weighted by molar-refractivity contribution is 5.35. The number of aromatic nitrogens is 3. The molecular weight excluding hydrogens is 260 g/mol. The molecule has 1 aromatic heterocycles. The van der Waals surface area contributed by atoms with Gasteiger partial charge in [-0.1, -0.05) is 42.5 Å². The average molecular weight is 276 g/mol. The molecule has 0 spiro atoms. The van der Waals surface area contributed by atoms with E-state index in [0.717, 1.165) is 24.5 Å². The predicted molar refractivity (Wildman–Crippen MR) is 81.1 cm³/mol. The molecule has 4 nitrogen and oxygen atoms in total. The van der Waals surface area contributed by atoms with Crippen molar-refractivity contribution in [2.75, 3.05) is 0 Å². The Morgan fingerprint density at radius 2 is 1.71 bits per heavy atom. The van der Waals surface area contributed by atoms with Crippen molar-refractivity contribution in [3.8, 4) is 5.69 Å². The summed E-state index contributed by atoms with van der Waals surface area (Å²) in [6, 6.07) is 19.0. The topological polar surface area (TPSA) is 42.7 Å². The van der Waals surface area contributed by atoms with Gasteiger partial charge in [0.15, 0.2) is 5.82 Å². The maximum Gasteiger partial charge on any atom is 0.154 e. The SMILES string of the molecule is c1ccc(-n2cnnc2[C@@H]2Cc3ccccc3CN2)cc1. The summed E-state index contributed by atoms with van der Waals surface area (Å²) < 4.78 is 2.06. The van der Waals surface area contributed by atoms with Gasteiger partial charge in [-0.2, -0.15) is 0 Å². The van der Waals surface area contributed by atoms with Crippen LogP contribution in [0, 0.1) is 0 Å². The molecule has 1 N–H and O–H groups in total. The summed E-state index contributed by atoms with van der Waals surface area (Å²) in [6.07, 6.45) is 2.73. The largest absolute Gasteiger partial charge is 0.303 e. The number of nitrogens with one attached hydrogen (secondary N) is 1. The summed E-state index contributed by atoms with van der Waals surface area (Å²) in [5.41, 5.74) is 3.86. The number of benzene rings is 2. The number of fused-ring (bicyclic) bond motifs is 1. The van der Waals surface area contributed by atoms with Gasteiger partial charge in [0.2, 0.25) is 0 Å². The zero-order valence-corrected chi connectivity index (χ0v) is 11.6. The van der Waals surface area contributed by atoms with Crippen LogP contribution in [0.25, 0.3) is 5.69 Å². The number of para-hydroxylation sites is 1. The first-order valence-electron chi connectivity index (χ1n) is 7.17. The quantitative estimate of drug-likeness (QED) is 0.782. The van der Waals surface area contributed by atoms with Gasteiger partial charge in [0.25, 0.3) is 0 Å². The van der Waals surface area contributed by atoms with E-state index in [9.17, 15) is 0 Å². The third kappa shape index (κ3) is 2.23. The van der Waals surface area contributed by atoms with Gasteiger partial charge in [-0.15, -0.1) is 10.2 Å². The molecule has 0 saturated heterocycles. The molecule has 21 heavy (non-hydrogen) atoms. The summed E-state index contributed by atoms with van der Waals surface area (Å²) in [5, 5.41) is 12.0. The molecule has 0 saturated carbocycles. The van der Waals surface area contributed by atoms with Crippen LogP contribution in [0.4, 0.5) is 0 Å². The molecule has 0 amide bonds. The standard InChI is InChI=1S/C17H16N4/c1-2-8-15(9-3-1)21-12-19-20-17(21)16-10-13-6-4-5-7-14(13)11-18-16/h1-9,12,16,18H,10-11H2/t16-/m0/s1. The lowest BCUT2D eigenvalue weighted by atomic mass is 9.95. The van der Waals surface area contributed by atoms with Crippen LogP contribution in [0.1, 0.15) is 23.0 Å². The Labute approximate surface area is 123 Å². The zero-order valence-electron chi connectivity index (χ0n) is 11.6. The molecule has 1 atom stereocenters. The number of hydrogen-bond acceptors (Lipinski definition) is 3. The summed E-state index contributed by atoms with van der Waals surface area (Å²) in [5.74, 6) is 0.968. The lowest BCUT2D eigenvalue weighted by molar-refractivity contribution is 0.470. The normalized spacial score (nSPS) is 17.4. The van der Waals surface area contributed by atoms with Crippen LogP contribution >= 0.6 is 0 Å². The minimum atomic E-state index is 0.197. The van der Waals surface area contributed by atoms with Gasteiger partial charge in [0, 0.05) is 12.2 Å². The summed E-state index contributed by atoms with van der Waals surface area (Å²) in [4.78, 5) is 0. The molecule has 0 fully saturated rings. The maximum atomic E-state index is 4.34. The fourth-order valence-corrected chi connectivity index (χ4v) is 2.91. The first-order chi connectivity index (χ1) is 10.4. The minimum Gasteiger partial charge on any atom is -0.303 e. The van der Waals surface area contributed by atoms with E-state index in [1.54, 1.807) is 6.33 Å². The van der Waals surface area contributed by atoms with Crippen LogP contribution in [0.3, 0.4) is 0 Å². The third-order valence-corrected chi connectivity index (χ3v) is 4.00. The Morgan fingerprint density at radius 1 is 0.952 bits per heavy atom. The molecule has 1 aliphatic rings. The highest BCUT2D eigenvalue weighted by Crippen LogP contribution is 2.25. The van der Waals surface area contributed by atoms with Crippen molar-refractivity contribution in [3.05, 3.63) is 77.9 Å². The van der Waals surface area contributed by atoms with E-state index in [1.807, 2.05) is 18.2 Å². The second kappa shape index (κ2) is 5.14. The van der Waals surface area contributed by atoms with Crippen molar-refractivity contribution in [2.24, 2.45) is 0 Å². The van der Waals surface area contributed by atoms with Gasteiger partial charge in [-0.25, -0.2) is 0 Å². The van der Waals surface area contributed by atoms with Gasteiger partial charge in [0.1, 0.15) is 6.33 Å². The van der Waals surface area contributed by atoms with Crippen LogP contribution in [0.2, 0.25) is 0 Å². The fourth-order valence-electron chi connectivity index (χ4n) is 2.91. The summed E-state index contributed by atoms with van der Waals surface area (Å²) in [7, 11) is 0. The van der Waals surface area contributed by atoms with Crippen molar-refractivity contribution in [1.82, 2.24) is 20.1 Å². The highest BCUT2D eigenvalue weighted by atomic mass is 15.3. The fraction of sp³-hybridized carbons (Fsp3) is 0.176. The molecular formula is C17H16N4. The van der Waals surface area contributed by atoms with Crippen LogP contribution in [-0.2, 0) is 13.0 Å². The van der Waals surface area contributed by atoms with E-state index in [4.69, 9.17) is 0 Å². The van der Waals surface area contributed by atoms with Crippen molar-refractivity contribution in [3.63, 3.8) is 0 Å². The Kier molecular flexibility index (Phi) is 3.01. The van der Waals surface area contributed by atoms with Crippen LogP contribution in [0.15, 0.2) is 60.9 Å². The van der Waals surface area contributed by atoms with Gasteiger partial charge >= 0.3 is 0 Å². The van der Waals surface area contributed by atoms with E-state index in [-0.39, 0.29) is 6.04 Å². The molecule has 4 rings (SSSR count). The third-order valence-electron chi connectivity index (χ3n) is 4.00. The van der Waals surface area contributed by atoms with Crippen molar-refractivity contribution in [1.29, 1.82) is 0 Å². The molecule has 4 heteroatoms. The molecule has 3 aromatic rings. The Hall–Kier alpha value is -2.46. The molecule has 2 aromatic carbocycles. The van der Waals surface area contributed by atoms with Crippen LogP contribution in [0.5, 0.6) is 0 Å². The smallest absolute Gasteiger partial charge is 0.154 e. The number of hydrogen-bond donors (Lipinski definition) is 1. The molecule has 0 aliphatic carbocycles. The Balaban J connectivity index is 1.69. The monoisotopic (exact) mass is 276 g/mol. The van der Waals surface area contributed by atoms with Crippen LogP contribution in [-0.4, -0.2) is 14.8 Å². The van der Waals surface area contributed by atoms with Gasteiger partial charge in [-0.05, 0) is 29.7 Å². The lowest BCUT2D eigenvalue weighted by Gasteiger charge is -2.25. The van der Waals surface area contributed by atoms with Gasteiger partial charge in [-0.3, -0.25) is 4.57 Å². The summed E-state index contributed by atoms with van der Waals surface area (Å²) >= 11 is 0. The molecule has 0 bridgehead atoms. The van der Waals surface area contributed by atoms with Crippen molar-refractivity contribution < 1.29 is 0 Å². The van der Waals surface area contributed by atoms with E-state index in [1.165, 1.54) is 11.1 Å².